The molecule has 192 valence electrons. The van der Waals surface area contributed by atoms with E-state index >= 15 is 0 Å². The normalized spacial score (nSPS) is 12.8. The van der Waals surface area contributed by atoms with Gasteiger partial charge in [0.05, 0.1) is 27.2 Å². The molecule has 5 nitrogen and oxygen atoms in total. The molecule has 0 aliphatic carbocycles. The molecule has 36 heavy (non-hydrogen) atoms. The highest BCUT2D eigenvalue weighted by Crippen LogP contribution is 2.38. The molecule has 3 rings (SSSR count). The Balaban J connectivity index is 1.99. The molecule has 1 atom stereocenters. The molecule has 0 spiro atoms. The third-order valence-corrected chi connectivity index (χ3v) is 8.01. The number of sulfonamides is 1. The Morgan fingerprint density at radius 1 is 0.972 bits per heavy atom. The maximum Gasteiger partial charge on any atom is 0.417 e. The first kappa shape index (κ1) is 27.5. The summed E-state index contributed by atoms with van der Waals surface area (Å²) in [7, 11) is -4.38. The van der Waals surface area contributed by atoms with Crippen molar-refractivity contribution in [3.05, 3.63) is 93.5 Å². The van der Waals surface area contributed by atoms with Crippen LogP contribution in [0.5, 0.6) is 0 Å². The van der Waals surface area contributed by atoms with Crippen LogP contribution in [0.4, 0.5) is 18.9 Å². The van der Waals surface area contributed by atoms with Crippen molar-refractivity contribution in [2.45, 2.75) is 44.8 Å². The number of rotatable bonds is 7. The molecular formula is C26H26ClF3N2O3S. The number of nitrogens with one attached hydrogen (secondary N) is 1. The molecule has 3 aromatic rings. The third kappa shape index (κ3) is 6.02. The van der Waals surface area contributed by atoms with Gasteiger partial charge in [-0.3, -0.25) is 9.10 Å². The van der Waals surface area contributed by atoms with Crippen LogP contribution < -0.4 is 9.62 Å². The molecule has 0 radical (unpaired) electrons. The highest BCUT2D eigenvalue weighted by atomic mass is 35.5. The average Bonchev–Trinajstić information content (AvgIpc) is 2.80. The number of alkyl halides is 3. The van der Waals surface area contributed by atoms with E-state index in [0.29, 0.717) is 10.4 Å². The first-order valence-electron chi connectivity index (χ1n) is 11.0. The Hall–Kier alpha value is -3.04. The Labute approximate surface area is 213 Å². The molecule has 3 aromatic carbocycles. The topological polar surface area (TPSA) is 66.5 Å². The van der Waals surface area contributed by atoms with Gasteiger partial charge in [-0.25, -0.2) is 8.42 Å². The summed E-state index contributed by atoms with van der Waals surface area (Å²) >= 11 is 5.73. The molecule has 0 saturated heterocycles. The Bertz CT molecular complexity index is 1380. The number of carbonyl (C=O) groups excluding carboxylic acids is 1. The minimum absolute atomic E-state index is 0.167. The Kier molecular flexibility index (Phi) is 8.05. The zero-order chi connectivity index (χ0) is 26.8. The quantitative estimate of drug-likeness (QED) is 0.381. The molecular weight excluding hydrogens is 513 g/mol. The van der Waals surface area contributed by atoms with E-state index in [2.05, 4.69) is 5.32 Å². The number of benzene rings is 3. The lowest BCUT2D eigenvalue weighted by Crippen LogP contribution is -2.41. The van der Waals surface area contributed by atoms with Crippen LogP contribution in [-0.4, -0.2) is 20.9 Å². The molecule has 10 heteroatoms. The summed E-state index contributed by atoms with van der Waals surface area (Å²) in [5, 5.41) is 2.19. The zero-order valence-electron chi connectivity index (χ0n) is 20.2. The summed E-state index contributed by atoms with van der Waals surface area (Å²) in [5.74, 6) is -0.678. The maximum absolute atomic E-state index is 13.5. The summed E-state index contributed by atoms with van der Waals surface area (Å²) in [4.78, 5) is 12.9. The van der Waals surface area contributed by atoms with Gasteiger partial charge < -0.3 is 5.32 Å². The van der Waals surface area contributed by atoms with Crippen LogP contribution >= 0.6 is 11.6 Å². The van der Waals surface area contributed by atoms with E-state index in [1.807, 2.05) is 32.9 Å². The van der Waals surface area contributed by atoms with Gasteiger partial charge in [0, 0.05) is 0 Å². The van der Waals surface area contributed by atoms with Crippen molar-refractivity contribution in [2.75, 3.05) is 10.8 Å². The van der Waals surface area contributed by atoms with Crippen molar-refractivity contribution in [3.8, 4) is 0 Å². The highest BCUT2D eigenvalue weighted by molar-refractivity contribution is 7.92. The van der Waals surface area contributed by atoms with Crippen LogP contribution in [0.25, 0.3) is 0 Å². The van der Waals surface area contributed by atoms with Gasteiger partial charge in [-0.15, -0.1) is 0 Å². The van der Waals surface area contributed by atoms with E-state index in [4.69, 9.17) is 11.6 Å². The van der Waals surface area contributed by atoms with Crippen molar-refractivity contribution in [2.24, 2.45) is 0 Å². The lowest BCUT2D eigenvalue weighted by atomic mass is 9.96. The second-order valence-corrected chi connectivity index (χ2v) is 10.8. The molecule has 0 heterocycles. The molecule has 1 amide bonds. The smallest absolute Gasteiger partial charge is 0.348 e. The number of nitrogens with zero attached hydrogens (tertiary/aromatic N) is 1. The number of anilines is 1. The maximum atomic E-state index is 13.5. The van der Waals surface area contributed by atoms with E-state index in [-0.39, 0.29) is 10.6 Å². The van der Waals surface area contributed by atoms with E-state index in [9.17, 15) is 26.4 Å². The van der Waals surface area contributed by atoms with Crippen molar-refractivity contribution in [3.63, 3.8) is 0 Å². The van der Waals surface area contributed by atoms with Crippen molar-refractivity contribution in [1.29, 1.82) is 0 Å². The Morgan fingerprint density at radius 2 is 1.58 bits per heavy atom. The lowest BCUT2D eigenvalue weighted by molar-refractivity contribution is -0.137. The van der Waals surface area contributed by atoms with Gasteiger partial charge in [-0.2, -0.15) is 13.2 Å². The van der Waals surface area contributed by atoms with Crippen molar-refractivity contribution >= 4 is 33.2 Å². The molecule has 0 bridgehead atoms. The number of carbonyl (C=O) groups is 1. The van der Waals surface area contributed by atoms with Crippen LogP contribution in [-0.2, 0) is 21.0 Å². The van der Waals surface area contributed by atoms with Crippen molar-refractivity contribution in [1.82, 2.24) is 5.32 Å². The standard InChI is InChI=1S/C26H26ClF3N2O3S/c1-16-12-18(3)22(13-17(16)2)19(4)31-25(33)15-32(36(34,35)21-8-6-5-7-9-21)20-10-11-24(27)23(14-20)26(28,29)30/h5-14,19H,15H2,1-4H3,(H,31,33)/t19-/m0/s1. The molecule has 0 saturated carbocycles. The number of hydrogen-bond donors (Lipinski definition) is 1. The minimum atomic E-state index is -4.81. The molecule has 0 aromatic heterocycles. The van der Waals surface area contributed by atoms with Crippen molar-refractivity contribution < 1.29 is 26.4 Å². The number of halogens is 4. The molecule has 0 aliphatic rings. The number of hydrogen-bond acceptors (Lipinski definition) is 3. The summed E-state index contributed by atoms with van der Waals surface area (Å²) in [6, 6.07) is 13.4. The zero-order valence-corrected chi connectivity index (χ0v) is 21.7. The van der Waals surface area contributed by atoms with Gasteiger partial charge in [0.25, 0.3) is 10.0 Å². The van der Waals surface area contributed by atoms with E-state index in [0.717, 1.165) is 34.4 Å². The predicted octanol–water partition coefficient (Wildman–Crippen LogP) is 6.36. The van der Waals surface area contributed by atoms with E-state index in [1.165, 1.54) is 24.3 Å². The Morgan fingerprint density at radius 3 is 2.19 bits per heavy atom. The monoisotopic (exact) mass is 538 g/mol. The fourth-order valence-corrected chi connectivity index (χ4v) is 5.52. The summed E-state index contributed by atoms with van der Waals surface area (Å²) < 4.78 is 68.0. The molecule has 0 fully saturated rings. The summed E-state index contributed by atoms with van der Waals surface area (Å²) in [6.45, 7) is 6.85. The summed E-state index contributed by atoms with van der Waals surface area (Å²) in [5.41, 5.74) is 2.40. The minimum Gasteiger partial charge on any atom is -0.348 e. The van der Waals surface area contributed by atoms with Gasteiger partial charge in [0.15, 0.2) is 0 Å². The van der Waals surface area contributed by atoms with Crippen LogP contribution in [0.2, 0.25) is 5.02 Å². The average molecular weight is 539 g/mol. The third-order valence-electron chi connectivity index (χ3n) is 5.89. The molecule has 0 aliphatic heterocycles. The van der Waals surface area contributed by atoms with Gasteiger partial charge in [0.2, 0.25) is 5.91 Å². The summed E-state index contributed by atoms with van der Waals surface area (Å²) in [6.07, 6.45) is -4.81. The van der Waals surface area contributed by atoms with Crippen LogP contribution in [0.1, 0.15) is 40.8 Å². The lowest BCUT2D eigenvalue weighted by Gasteiger charge is -2.26. The second-order valence-electron chi connectivity index (χ2n) is 8.57. The van der Waals surface area contributed by atoms with Gasteiger partial charge in [-0.05, 0) is 80.3 Å². The van der Waals surface area contributed by atoms with Crippen LogP contribution in [0, 0.1) is 20.8 Å². The first-order chi connectivity index (χ1) is 16.7. The number of amides is 1. The van der Waals surface area contributed by atoms with E-state index in [1.54, 1.807) is 13.0 Å². The molecule has 0 unspecified atom stereocenters. The SMILES string of the molecule is Cc1cc(C)c([C@H](C)NC(=O)CN(c2ccc(Cl)c(C(F)(F)F)c2)S(=O)(=O)c2ccccc2)cc1C. The fraction of sp³-hybridized carbons (Fsp3) is 0.269. The fourth-order valence-electron chi connectivity index (χ4n) is 3.87. The van der Waals surface area contributed by atoms with Gasteiger partial charge in [0.1, 0.15) is 6.54 Å². The highest BCUT2D eigenvalue weighted by Gasteiger charge is 2.35. The number of aryl methyl sites for hydroxylation is 3. The van der Waals surface area contributed by atoms with Crippen LogP contribution in [0.15, 0.2) is 65.6 Å². The molecule has 1 N–H and O–H groups in total. The first-order valence-corrected chi connectivity index (χ1v) is 12.8. The largest absolute Gasteiger partial charge is 0.417 e. The van der Waals surface area contributed by atoms with Crippen LogP contribution in [0.3, 0.4) is 0 Å². The van der Waals surface area contributed by atoms with Gasteiger partial charge >= 0.3 is 6.18 Å². The van der Waals surface area contributed by atoms with E-state index < -0.39 is 45.3 Å². The van der Waals surface area contributed by atoms with Gasteiger partial charge in [-0.1, -0.05) is 41.9 Å². The second kappa shape index (κ2) is 10.5. The predicted molar refractivity (Wildman–Crippen MR) is 135 cm³/mol.